The monoisotopic (exact) mass is 471 g/mol. The second-order valence-electron chi connectivity index (χ2n) is 6.13. The molecule has 0 atom stereocenters. The van der Waals surface area contributed by atoms with Crippen LogP contribution in [0, 0.1) is 10.1 Å². The Hall–Kier alpha value is -3.16. The summed E-state index contributed by atoms with van der Waals surface area (Å²) in [6.45, 7) is 0. The standard InChI is InChI=1S/C21H11BrClNO5/c22-18-11-15(24(26)27)5-7-17(18)19-8-6-16(28-19)9-13-10-20(29-21(13)25)12-1-3-14(23)4-2-12/h1-11H/b13-9-. The number of halogens is 2. The van der Waals surface area contributed by atoms with Crippen LogP contribution in [0.2, 0.25) is 5.02 Å². The van der Waals surface area contributed by atoms with E-state index in [1.807, 2.05) is 0 Å². The molecule has 0 saturated carbocycles. The highest BCUT2D eigenvalue weighted by molar-refractivity contribution is 9.10. The van der Waals surface area contributed by atoms with Crippen molar-refractivity contribution in [2.24, 2.45) is 0 Å². The van der Waals surface area contributed by atoms with Crippen molar-refractivity contribution in [1.29, 1.82) is 0 Å². The Morgan fingerprint density at radius 3 is 2.52 bits per heavy atom. The summed E-state index contributed by atoms with van der Waals surface area (Å²) in [5.41, 5.74) is 1.72. The SMILES string of the molecule is O=C1OC(c2ccc(Cl)cc2)=C/C1=C/c1ccc(-c2ccc([N+](=O)[O-])cc2Br)o1. The highest BCUT2D eigenvalue weighted by Gasteiger charge is 2.22. The molecule has 1 aromatic heterocycles. The minimum Gasteiger partial charge on any atom is -0.457 e. The molecule has 8 heteroatoms. The number of carbonyl (C=O) groups excluding carboxylic acids is 1. The predicted molar refractivity (Wildman–Crippen MR) is 112 cm³/mol. The lowest BCUT2D eigenvalue weighted by molar-refractivity contribution is -0.384. The molecule has 29 heavy (non-hydrogen) atoms. The van der Waals surface area contributed by atoms with Crippen LogP contribution in [0.4, 0.5) is 5.69 Å². The number of nitro benzene ring substituents is 1. The first-order valence-electron chi connectivity index (χ1n) is 8.36. The van der Waals surface area contributed by atoms with Gasteiger partial charge in [0.2, 0.25) is 0 Å². The van der Waals surface area contributed by atoms with Gasteiger partial charge in [-0.2, -0.15) is 0 Å². The highest BCUT2D eigenvalue weighted by Crippen LogP contribution is 2.34. The number of rotatable bonds is 4. The van der Waals surface area contributed by atoms with Gasteiger partial charge in [-0.25, -0.2) is 4.79 Å². The van der Waals surface area contributed by atoms with Crippen LogP contribution < -0.4 is 0 Å². The van der Waals surface area contributed by atoms with Crippen LogP contribution in [0.1, 0.15) is 11.3 Å². The third-order valence-electron chi connectivity index (χ3n) is 4.21. The van der Waals surface area contributed by atoms with Gasteiger partial charge in [-0.05, 0) is 70.5 Å². The van der Waals surface area contributed by atoms with Gasteiger partial charge in [-0.15, -0.1) is 0 Å². The summed E-state index contributed by atoms with van der Waals surface area (Å²) < 4.78 is 11.6. The van der Waals surface area contributed by atoms with Crippen molar-refractivity contribution in [3.05, 3.63) is 97.2 Å². The zero-order valence-electron chi connectivity index (χ0n) is 14.6. The van der Waals surface area contributed by atoms with Gasteiger partial charge < -0.3 is 9.15 Å². The maximum Gasteiger partial charge on any atom is 0.343 e. The number of carbonyl (C=O) groups is 1. The number of hydrogen-bond acceptors (Lipinski definition) is 5. The van der Waals surface area contributed by atoms with Crippen molar-refractivity contribution < 1.29 is 18.9 Å². The summed E-state index contributed by atoms with van der Waals surface area (Å²) in [6, 6.07) is 14.8. The summed E-state index contributed by atoms with van der Waals surface area (Å²) in [4.78, 5) is 22.6. The van der Waals surface area contributed by atoms with Crippen molar-refractivity contribution in [2.75, 3.05) is 0 Å². The molecule has 3 aromatic rings. The van der Waals surface area contributed by atoms with Crippen LogP contribution in [-0.4, -0.2) is 10.9 Å². The quantitative estimate of drug-likeness (QED) is 0.194. The minimum absolute atomic E-state index is 0.0249. The summed E-state index contributed by atoms with van der Waals surface area (Å²) in [7, 11) is 0. The lowest BCUT2D eigenvalue weighted by Gasteiger charge is -2.01. The van der Waals surface area contributed by atoms with Crippen molar-refractivity contribution >= 4 is 51.0 Å². The van der Waals surface area contributed by atoms with Gasteiger partial charge in [0.1, 0.15) is 17.3 Å². The molecule has 6 nitrogen and oxygen atoms in total. The molecule has 144 valence electrons. The Morgan fingerprint density at radius 2 is 1.83 bits per heavy atom. The Labute approximate surface area is 178 Å². The van der Waals surface area contributed by atoms with Gasteiger partial charge in [-0.1, -0.05) is 11.6 Å². The lowest BCUT2D eigenvalue weighted by Crippen LogP contribution is -1.96. The van der Waals surface area contributed by atoms with E-state index in [4.69, 9.17) is 20.8 Å². The van der Waals surface area contributed by atoms with Crippen molar-refractivity contribution in [3.63, 3.8) is 0 Å². The average Bonchev–Trinajstić information content (AvgIpc) is 3.29. The number of hydrogen-bond donors (Lipinski definition) is 0. The number of ether oxygens (including phenoxy) is 1. The van der Waals surface area contributed by atoms with Gasteiger partial charge in [0.05, 0.1) is 10.5 Å². The summed E-state index contributed by atoms with van der Waals surface area (Å²) in [5.74, 6) is 0.907. The van der Waals surface area contributed by atoms with E-state index < -0.39 is 10.9 Å². The fourth-order valence-corrected chi connectivity index (χ4v) is 3.48. The second-order valence-corrected chi connectivity index (χ2v) is 7.42. The van der Waals surface area contributed by atoms with Crippen molar-refractivity contribution in [3.8, 4) is 11.3 Å². The van der Waals surface area contributed by atoms with Crippen LogP contribution in [0.5, 0.6) is 0 Å². The van der Waals surface area contributed by atoms with E-state index in [9.17, 15) is 14.9 Å². The van der Waals surface area contributed by atoms with Crippen LogP contribution in [0.3, 0.4) is 0 Å². The first-order chi connectivity index (χ1) is 13.9. The molecule has 1 aliphatic rings. The summed E-state index contributed by atoms with van der Waals surface area (Å²) >= 11 is 9.21. The fourth-order valence-electron chi connectivity index (χ4n) is 2.79. The van der Waals surface area contributed by atoms with Gasteiger partial charge in [0.15, 0.2) is 0 Å². The summed E-state index contributed by atoms with van der Waals surface area (Å²) in [6.07, 6.45) is 3.21. The number of cyclic esters (lactones) is 1. The average molecular weight is 473 g/mol. The molecule has 0 N–H and O–H groups in total. The normalized spacial score (nSPS) is 14.8. The molecular weight excluding hydrogens is 462 g/mol. The van der Waals surface area contributed by atoms with Crippen LogP contribution in [0.15, 0.2) is 75.1 Å². The Morgan fingerprint density at radius 1 is 1.07 bits per heavy atom. The molecule has 2 aromatic carbocycles. The maximum atomic E-state index is 12.2. The van der Waals surface area contributed by atoms with Crippen molar-refractivity contribution in [1.82, 2.24) is 0 Å². The number of furan rings is 1. The van der Waals surface area contributed by atoms with E-state index in [2.05, 4.69) is 15.9 Å². The molecular formula is C21H11BrClNO5. The molecule has 2 heterocycles. The molecule has 0 aliphatic carbocycles. The predicted octanol–water partition coefficient (Wildman–Crippen LogP) is 6.25. The third kappa shape index (κ3) is 4.01. The van der Waals surface area contributed by atoms with E-state index in [-0.39, 0.29) is 5.69 Å². The number of non-ortho nitro benzene ring substituents is 1. The lowest BCUT2D eigenvalue weighted by atomic mass is 10.1. The molecule has 0 amide bonds. The Bertz CT molecular complexity index is 1190. The maximum absolute atomic E-state index is 12.2. The molecule has 0 saturated heterocycles. The largest absolute Gasteiger partial charge is 0.457 e. The molecule has 4 rings (SSSR count). The number of nitro groups is 1. The van der Waals surface area contributed by atoms with Crippen LogP contribution in [0.25, 0.3) is 23.2 Å². The highest BCUT2D eigenvalue weighted by atomic mass is 79.9. The van der Waals surface area contributed by atoms with Gasteiger partial charge in [0.25, 0.3) is 5.69 Å². The third-order valence-corrected chi connectivity index (χ3v) is 5.12. The van der Waals surface area contributed by atoms with Gasteiger partial charge >= 0.3 is 5.97 Å². The van der Waals surface area contributed by atoms with E-state index in [1.54, 1.807) is 54.6 Å². The molecule has 0 spiro atoms. The van der Waals surface area contributed by atoms with E-state index >= 15 is 0 Å². The Kier molecular flexibility index (Phi) is 5.08. The fraction of sp³-hybridized carbons (Fsp3) is 0. The molecule has 0 fully saturated rings. The zero-order chi connectivity index (χ0) is 20.5. The first-order valence-corrected chi connectivity index (χ1v) is 9.53. The molecule has 0 bridgehead atoms. The zero-order valence-corrected chi connectivity index (χ0v) is 16.9. The number of nitrogens with zero attached hydrogens (tertiary/aromatic N) is 1. The summed E-state index contributed by atoms with van der Waals surface area (Å²) in [5, 5.41) is 11.5. The molecule has 0 unspecified atom stereocenters. The first kappa shape index (κ1) is 19.2. The molecule has 1 aliphatic heterocycles. The number of esters is 1. The second kappa shape index (κ2) is 7.69. The van der Waals surface area contributed by atoms with Crippen molar-refractivity contribution in [2.45, 2.75) is 0 Å². The van der Waals surface area contributed by atoms with E-state index in [0.29, 0.717) is 37.9 Å². The van der Waals surface area contributed by atoms with Gasteiger partial charge in [0, 0.05) is 32.8 Å². The van der Waals surface area contributed by atoms with Crippen LogP contribution >= 0.6 is 27.5 Å². The van der Waals surface area contributed by atoms with E-state index in [0.717, 1.165) is 5.56 Å². The minimum atomic E-state index is -0.482. The smallest absolute Gasteiger partial charge is 0.343 e. The van der Waals surface area contributed by atoms with E-state index in [1.165, 1.54) is 12.1 Å². The molecule has 0 radical (unpaired) electrons. The van der Waals surface area contributed by atoms with Crippen LogP contribution in [-0.2, 0) is 9.53 Å². The topological polar surface area (TPSA) is 82.6 Å². The van der Waals surface area contributed by atoms with Gasteiger partial charge in [-0.3, -0.25) is 10.1 Å². The Balaban J connectivity index is 1.61. The number of benzene rings is 2.